The van der Waals surface area contributed by atoms with Crippen LogP contribution >= 0.6 is 0 Å². The van der Waals surface area contributed by atoms with Crippen LogP contribution in [0.4, 0.5) is 5.69 Å². The van der Waals surface area contributed by atoms with E-state index in [0.29, 0.717) is 27.7 Å². The van der Waals surface area contributed by atoms with Crippen LogP contribution < -0.4 is 5.32 Å². The average molecular weight is 396 g/mol. The zero-order valence-electron chi connectivity index (χ0n) is 16.0. The molecular formula is C23H16N4O3. The first-order valence-electron chi connectivity index (χ1n) is 9.07. The minimum absolute atomic E-state index is 0.100. The molecule has 0 aliphatic carbocycles. The van der Waals surface area contributed by atoms with Gasteiger partial charge in [-0.3, -0.25) is 9.78 Å². The summed E-state index contributed by atoms with van der Waals surface area (Å²) in [4.78, 5) is 32.2. The zero-order chi connectivity index (χ0) is 21.1. The Hall–Kier alpha value is -4.44. The van der Waals surface area contributed by atoms with Gasteiger partial charge in [-0.1, -0.05) is 12.1 Å². The lowest BCUT2D eigenvalue weighted by Gasteiger charge is -2.08. The Labute approximate surface area is 171 Å². The van der Waals surface area contributed by atoms with Crippen molar-refractivity contribution in [1.29, 1.82) is 5.26 Å². The van der Waals surface area contributed by atoms with Gasteiger partial charge in [0.05, 0.1) is 23.9 Å². The summed E-state index contributed by atoms with van der Waals surface area (Å²) >= 11 is 0. The van der Waals surface area contributed by atoms with E-state index in [2.05, 4.69) is 15.3 Å². The fraction of sp³-hybridized carbons (Fsp3) is 0.0435. The largest absolute Gasteiger partial charge is 0.465 e. The van der Waals surface area contributed by atoms with Crippen LogP contribution in [0.3, 0.4) is 0 Å². The first-order valence-corrected chi connectivity index (χ1v) is 9.07. The predicted octanol–water partition coefficient (Wildman–Crippen LogP) is 4.05. The normalized spacial score (nSPS) is 11.3. The molecule has 0 atom stereocenters. The molecule has 0 aliphatic rings. The first-order chi connectivity index (χ1) is 14.6. The fourth-order valence-electron chi connectivity index (χ4n) is 3.31. The lowest BCUT2D eigenvalue weighted by atomic mass is 10.0. The number of hydrogen-bond acceptors (Lipinski definition) is 5. The maximum Gasteiger partial charge on any atom is 0.338 e. The van der Waals surface area contributed by atoms with Crippen molar-refractivity contribution in [3.8, 4) is 6.07 Å². The molecule has 0 aliphatic heterocycles. The molecule has 0 radical (unpaired) electrons. The Balaban J connectivity index is 1.73. The Morgan fingerprint density at radius 1 is 1.17 bits per heavy atom. The molecule has 146 valence electrons. The number of ether oxygens (including phenoxy) is 1. The van der Waals surface area contributed by atoms with Gasteiger partial charge < -0.3 is 15.0 Å². The van der Waals surface area contributed by atoms with Crippen LogP contribution in [0.5, 0.6) is 0 Å². The maximum atomic E-state index is 12.8. The molecule has 0 unspecified atom stereocenters. The number of amides is 1. The van der Waals surface area contributed by atoms with Gasteiger partial charge in [-0.05, 0) is 42.5 Å². The van der Waals surface area contributed by atoms with Gasteiger partial charge in [0.15, 0.2) is 0 Å². The molecule has 30 heavy (non-hydrogen) atoms. The monoisotopic (exact) mass is 396 g/mol. The number of aromatic nitrogens is 2. The summed E-state index contributed by atoms with van der Waals surface area (Å²) in [5.41, 5.74) is 2.77. The molecule has 0 spiro atoms. The van der Waals surface area contributed by atoms with Crippen molar-refractivity contribution in [2.24, 2.45) is 0 Å². The van der Waals surface area contributed by atoms with E-state index in [1.54, 1.807) is 48.8 Å². The van der Waals surface area contributed by atoms with Gasteiger partial charge in [0.2, 0.25) is 0 Å². The van der Waals surface area contributed by atoms with Gasteiger partial charge in [0.25, 0.3) is 5.91 Å². The number of esters is 1. The average Bonchev–Trinajstić information content (AvgIpc) is 3.20. The number of nitriles is 1. The third-order valence-corrected chi connectivity index (χ3v) is 4.70. The van der Waals surface area contributed by atoms with E-state index in [0.717, 1.165) is 10.9 Å². The lowest BCUT2D eigenvalue weighted by Crippen LogP contribution is -2.13. The molecule has 7 heteroatoms. The number of anilines is 1. The number of nitrogens with one attached hydrogen (secondary N) is 2. The number of aromatic amines is 1. The molecule has 2 aromatic heterocycles. The van der Waals surface area contributed by atoms with Crippen molar-refractivity contribution in [3.05, 3.63) is 77.6 Å². The minimum atomic E-state index is -0.557. The topological polar surface area (TPSA) is 108 Å². The van der Waals surface area contributed by atoms with Crippen molar-refractivity contribution in [2.45, 2.75) is 0 Å². The van der Waals surface area contributed by atoms with Crippen LogP contribution in [0, 0.1) is 11.3 Å². The number of carbonyl (C=O) groups is 2. The van der Waals surface area contributed by atoms with Gasteiger partial charge in [-0.2, -0.15) is 5.26 Å². The molecule has 0 bridgehead atoms. The van der Waals surface area contributed by atoms with Crippen molar-refractivity contribution < 1.29 is 14.3 Å². The summed E-state index contributed by atoms with van der Waals surface area (Å²) in [7, 11) is 1.30. The Bertz CT molecular complexity index is 1360. The van der Waals surface area contributed by atoms with E-state index in [-0.39, 0.29) is 5.57 Å². The number of fused-ring (bicyclic) bond motifs is 2. The molecular weight excluding hydrogens is 380 g/mol. The summed E-state index contributed by atoms with van der Waals surface area (Å²) in [5.74, 6) is -1.06. The van der Waals surface area contributed by atoms with Crippen molar-refractivity contribution in [2.75, 3.05) is 12.4 Å². The number of hydrogen-bond donors (Lipinski definition) is 2. The summed E-state index contributed by atoms with van der Waals surface area (Å²) in [6.45, 7) is 0. The second-order valence-corrected chi connectivity index (χ2v) is 6.46. The van der Waals surface area contributed by atoms with Gasteiger partial charge in [0.1, 0.15) is 11.6 Å². The van der Waals surface area contributed by atoms with Crippen LogP contribution in [0.15, 0.2) is 66.5 Å². The number of methoxy groups -OCH3 is 1. The third kappa shape index (κ3) is 3.38. The summed E-state index contributed by atoms with van der Waals surface area (Å²) in [6, 6.07) is 16.1. The lowest BCUT2D eigenvalue weighted by molar-refractivity contribution is -0.112. The molecule has 0 saturated heterocycles. The minimum Gasteiger partial charge on any atom is -0.465 e. The number of rotatable bonds is 4. The predicted molar refractivity (Wildman–Crippen MR) is 114 cm³/mol. The molecule has 2 aromatic carbocycles. The Morgan fingerprint density at radius 3 is 2.80 bits per heavy atom. The molecule has 4 aromatic rings. The van der Waals surface area contributed by atoms with Crippen LogP contribution in [0.25, 0.3) is 27.9 Å². The second kappa shape index (κ2) is 7.89. The van der Waals surface area contributed by atoms with Crippen LogP contribution in [-0.4, -0.2) is 29.0 Å². The van der Waals surface area contributed by atoms with E-state index in [4.69, 9.17) is 4.74 Å². The summed E-state index contributed by atoms with van der Waals surface area (Å²) in [5, 5.41) is 13.7. The Kier molecular flexibility index (Phi) is 4.97. The van der Waals surface area contributed by atoms with E-state index in [9.17, 15) is 14.9 Å². The molecule has 2 heterocycles. The molecule has 4 rings (SSSR count). The van der Waals surface area contributed by atoms with Crippen molar-refractivity contribution in [1.82, 2.24) is 9.97 Å². The van der Waals surface area contributed by atoms with Gasteiger partial charge in [-0.15, -0.1) is 0 Å². The number of carbonyl (C=O) groups excluding carboxylic acids is 2. The number of pyridine rings is 1. The molecule has 2 N–H and O–H groups in total. The van der Waals surface area contributed by atoms with Crippen LogP contribution in [0.2, 0.25) is 0 Å². The second-order valence-electron chi connectivity index (χ2n) is 6.46. The quantitative estimate of drug-likeness (QED) is 0.307. The third-order valence-electron chi connectivity index (χ3n) is 4.70. The zero-order valence-corrected chi connectivity index (χ0v) is 16.0. The van der Waals surface area contributed by atoms with E-state index in [1.165, 1.54) is 13.2 Å². The summed E-state index contributed by atoms with van der Waals surface area (Å²) < 4.78 is 4.84. The number of nitrogens with zero attached hydrogens (tertiary/aromatic N) is 2. The number of H-pyrrole nitrogens is 1. The number of benzene rings is 2. The molecule has 7 nitrogen and oxygen atoms in total. The van der Waals surface area contributed by atoms with Crippen molar-refractivity contribution >= 4 is 45.4 Å². The van der Waals surface area contributed by atoms with Gasteiger partial charge in [0, 0.05) is 34.2 Å². The summed E-state index contributed by atoms with van der Waals surface area (Å²) in [6.07, 6.45) is 4.76. The molecule has 0 fully saturated rings. The van der Waals surface area contributed by atoms with Gasteiger partial charge >= 0.3 is 5.97 Å². The van der Waals surface area contributed by atoms with Crippen LogP contribution in [-0.2, 0) is 9.53 Å². The highest BCUT2D eigenvalue weighted by Crippen LogP contribution is 2.26. The highest BCUT2D eigenvalue weighted by atomic mass is 16.5. The first kappa shape index (κ1) is 18.9. The molecule has 1 amide bonds. The van der Waals surface area contributed by atoms with E-state index >= 15 is 0 Å². The standard InChI is InChI=1S/C23H16N4O3/c1-30-23(29)17-5-2-9-20-21(17)15(13-26-20)11-14(12-24)22(28)27-19-8-3-7-18-16(19)6-4-10-25-18/h2-11,13,26H,1H3,(H,27,28)/b14-11+. The highest BCUT2D eigenvalue weighted by Gasteiger charge is 2.17. The van der Waals surface area contributed by atoms with E-state index < -0.39 is 11.9 Å². The smallest absolute Gasteiger partial charge is 0.338 e. The fourth-order valence-corrected chi connectivity index (χ4v) is 3.31. The van der Waals surface area contributed by atoms with Crippen molar-refractivity contribution in [3.63, 3.8) is 0 Å². The SMILES string of the molecule is COC(=O)c1cccc2[nH]cc(/C=C(\C#N)C(=O)Nc3cccc4ncccc34)c12. The highest BCUT2D eigenvalue weighted by molar-refractivity contribution is 6.14. The van der Waals surface area contributed by atoms with Crippen LogP contribution in [0.1, 0.15) is 15.9 Å². The maximum absolute atomic E-state index is 12.8. The molecule has 0 saturated carbocycles. The Morgan fingerprint density at radius 2 is 2.00 bits per heavy atom. The van der Waals surface area contributed by atoms with E-state index in [1.807, 2.05) is 18.2 Å². The van der Waals surface area contributed by atoms with Gasteiger partial charge in [-0.25, -0.2) is 4.79 Å².